The van der Waals surface area contributed by atoms with E-state index in [1.54, 1.807) is 0 Å². The summed E-state index contributed by atoms with van der Waals surface area (Å²) < 4.78 is 1.20. The predicted molar refractivity (Wildman–Crippen MR) is 98.8 cm³/mol. The van der Waals surface area contributed by atoms with Crippen molar-refractivity contribution in [2.45, 2.75) is 38.8 Å². The molecule has 0 spiro atoms. The number of fused-ring (bicyclic) bond motifs is 2. The van der Waals surface area contributed by atoms with E-state index in [4.69, 9.17) is 0 Å². The molecule has 28 heavy (non-hydrogen) atoms. The maximum absolute atomic E-state index is 12.6. The van der Waals surface area contributed by atoms with E-state index in [0.717, 1.165) is 12.1 Å². The predicted octanol–water partition coefficient (Wildman–Crippen LogP) is -0.0162. The molecule has 0 bridgehead atoms. The summed E-state index contributed by atoms with van der Waals surface area (Å²) in [6.07, 6.45) is -0.0219. The summed E-state index contributed by atoms with van der Waals surface area (Å²) in [4.78, 5) is 73.2. The highest BCUT2D eigenvalue weighted by Gasteiger charge is 2.28. The van der Waals surface area contributed by atoms with Crippen molar-refractivity contribution in [2.24, 2.45) is 0 Å². The first kappa shape index (κ1) is 19.2. The van der Waals surface area contributed by atoms with E-state index in [9.17, 15) is 39.0 Å². The minimum atomic E-state index is -1.37. The van der Waals surface area contributed by atoms with Crippen molar-refractivity contribution in [3.63, 3.8) is 0 Å². The van der Waals surface area contributed by atoms with E-state index in [1.807, 2.05) is 0 Å². The fourth-order valence-corrected chi connectivity index (χ4v) is 3.51. The highest BCUT2D eigenvalue weighted by molar-refractivity contribution is 5.98. The number of rotatable bonds is 6. The highest BCUT2D eigenvalue weighted by Crippen LogP contribution is 2.18. The average Bonchev–Trinajstić information content (AvgIpc) is 3.02. The van der Waals surface area contributed by atoms with Gasteiger partial charge < -0.3 is 10.2 Å². The number of hydrogen-bond donors (Lipinski definition) is 2. The largest absolute Gasteiger partial charge is 0.480 e. The van der Waals surface area contributed by atoms with Crippen LogP contribution in [0.4, 0.5) is 0 Å². The van der Waals surface area contributed by atoms with Crippen LogP contribution in [0, 0.1) is 0 Å². The third kappa shape index (κ3) is 2.48. The van der Waals surface area contributed by atoms with Crippen LogP contribution in [-0.2, 0) is 9.59 Å². The summed E-state index contributed by atoms with van der Waals surface area (Å²) in [7, 11) is 0. The van der Waals surface area contributed by atoms with Gasteiger partial charge in [-0.05, 0) is 25.0 Å². The van der Waals surface area contributed by atoms with Crippen molar-refractivity contribution in [3.05, 3.63) is 53.5 Å². The second kappa shape index (κ2) is 6.55. The zero-order valence-electron chi connectivity index (χ0n) is 15.0. The molecule has 0 aliphatic heterocycles. The minimum absolute atomic E-state index is 0.0110. The van der Waals surface area contributed by atoms with Gasteiger partial charge in [0.15, 0.2) is 0 Å². The number of aliphatic carboxylic acids is 2. The number of carboxylic acids is 2. The first-order valence-electron chi connectivity index (χ1n) is 8.55. The van der Waals surface area contributed by atoms with Crippen LogP contribution in [0.3, 0.4) is 0 Å². The molecular weight excluding hydrogens is 372 g/mol. The number of nitrogens with zero attached hydrogens (tertiary/aromatic N) is 2. The molecule has 0 saturated heterocycles. The number of hydrogen-bond acceptors (Lipinski definition) is 6. The molecule has 3 rings (SSSR count). The molecule has 146 valence electrons. The van der Waals surface area contributed by atoms with Gasteiger partial charge in [-0.1, -0.05) is 13.8 Å². The van der Waals surface area contributed by atoms with E-state index < -0.39 is 46.3 Å². The Kier molecular flexibility index (Phi) is 4.50. The Morgan fingerprint density at radius 3 is 1.14 bits per heavy atom. The fourth-order valence-electron chi connectivity index (χ4n) is 3.51. The molecule has 1 aromatic carbocycles. The van der Waals surface area contributed by atoms with E-state index in [-0.39, 0.29) is 34.4 Å². The Hall–Kier alpha value is -3.56. The summed E-state index contributed by atoms with van der Waals surface area (Å²) in [5.74, 6) is -2.70. The number of carbonyl (C=O) groups is 2. The molecule has 3 aromatic rings. The quantitative estimate of drug-likeness (QED) is 0.598. The van der Waals surface area contributed by atoms with Gasteiger partial charge in [0, 0.05) is 0 Å². The van der Waals surface area contributed by atoms with Gasteiger partial charge in [-0.3, -0.25) is 28.3 Å². The SMILES string of the molecule is CC[C@@H](C(=O)O)n1c(=O)c2cc3c(=O)n([C@@H](CC)C(=O)O)c(=O)c3cc2c1=O. The zero-order valence-corrected chi connectivity index (χ0v) is 15.0. The lowest BCUT2D eigenvalue weighted by Gasteiger charge is -2.08. The second-order valence-electron chi connectivity index (χ2n) is 6.43. The van der Waals surface area contributed by atoms with Crippen LogP contribution in [0.1, 0.15) is 38.8 Å². The molecule has 2 N–H and O–H groups in total. The van der Waals surface area contributed by atoms with E-state index >= 15 is 0 Å². The topological polar surface area (TPSA) is 153 Å². The van der Waals surface area contributed by atoms with Crippen molar-refractivity contribution in [3.8, 4) is 0 Å². The van der Waals surface area contributed by atoms with E-state index in [2.05, 4.69) is 0 Å². The van der Waals surface area contributed by atoms with Crippen molar-refractivity contribution in [2.75, 3.05) is 0 Å². The third-order valence-corrected chi connectivity index (χ3v) is 4.92. The zero-order chi connectivity index (χ0) is 20.9. The molecule has 0 unspecified atom stereocenters. The Bertz CT molecular complexity index is 1160. The first-order chi connectivity index (χ1) is 13.1. The average molecular weight is 388 g/mol. The van der Waals surface area contributed by atoms with Gasteiger partial charge in [-0.25, -0.2) is 9.59 Å². The molecule has 2 atom stereocenters. The summed E-state index contributed by atoms with van der Waals surface area (Å²) in [5, 5.41) is 17.8. The van der Waals surface area contributed by atoms with Crippen molar-refractivity contribution in [1.82, 2.24) is 9.13 Å². The Labute approximate surface area is 155 Å². The van der Waals surface area contributed by atoms with Gasteiger partial charge in [0.25, 0.3) is 22.2 Å². The van der Waals surface area contributed by atoms with Gasteiger partial charge in [0.2, 0.25) is 0 Å². The Morgan fingerprint density at radius 1 is 0.714 bits per heavy atom. The molecule has 10 heteroatoms. The van der Waals surface area contributed by atoms with Gasteiger partial charge in [-0.15, -0.1) is 0 Å². The molecule has 2 heterocycles. The van der Waals surface area contributed by atoms with Gasteiger partial charge in [0.1, 0.15) is 12.1 Å². The van der Waals surface area contributed by atoms with Crippen LogP contribution >= 0.6 is 0 Å². The Morgan fingerprint density at radius 2 is 0.964 bits per heavy atom. The van der Waals surface area contributed by atoms with Crippen LogP contribution in [-0.4, -0.2) is 31.3 Å². The third-order valence-electron chi connectivity index (χ3n) is 4.92. The standard InChI is InChI=1S/C18H16N2O8/c1-3-11(17(25)26)19-13(21)7-5-9-10(6-8(7)14(19)22)16(24)20(15(9)23)12(4-2)18(27)28/h5-6,11-12H,3-4H2,1-2H3,(H,25,26)(H,27,28)/t11-,12-/m0/s1. The van der Waals surface area contributed by atoms with Crippen LogP contribution in [0.2, 0.25) is 0 Å². The Balaban J connectivity index is 2.44. The van der Waals surface area contributed by atoms with Crippen molar-refractivity contribution in [1.29, 1.82) is 0 Å². The fraction of sp³-hybridized carbons (Fsp3) is 0.333. The normalized spacial score (nSPS) is 13.8. The molecule has 0 aliphatic carbocycles. The smallest absolute Gasteiger partial charge is 0.326 e. The lowest BCUT2D eigenvalue weighted by Crippen LogP contribution is -2.34. The lowest BCUT2D eigenvalue weighted by molar-refractivity contribution is -0.142. The molecule has 2 aromatic heterocycles. The van der Waals surface area contributed by atoms with Crippen molar-refractivity contribution < 1.29 is 19.8 Å². The van der Waals surface area contributed by atoms with Gasteiger partial charge >= 0.3 is 11.9 Å². The van der Waals surface area contributed by atoms with E-state index in [0.29, 0.717) is 9.13 Å². The summed E-state index contributed by atoms with van der Waals surface area (Å²) in [6.45, 7) is 3.01. The number of benzene rings is 1. The molecule has 0 radical (unpaired) electrons. The summed E-state index contributed by atoms with van der Waals surface area (Å²) in [5.41, 5.74) is -3.50. The molecule has 10 nitrogen and oxygen atoms in total. The summed E-state index contributed by atoms with van der Waals surface area (Å²) in [6, 6.07) is -0.619. The lowest BCUT2D eigenvalue weighted by atomic mass is 10.1. The first-order valence-corrected chi connectivity index (χ1v) is 8.55. The molecule has 0 saturated carbocycles. The summed E-state index contributed by atoms with van der Waals surface area (Å²) >= 11 is 0. The van der Waals surface area contributed by atoms with Gasteiger partial charge in [0.05, 0.1) is 21.5 Å². The maximum atomic E-state index is 12.6. The van der Waals surface area contributed by atoms with E-state index in [1.165, 1.54) is 13.8 Å². The molecule has 0 aliphatic rings. The van der Waals surface area contributed by atoms with Crippen molar-refractivity contribution >= 4 is 33.5 Å². The second-order valence-corrected chi connectivity index (χ2v) is 6.43. The van der Waals surface area contributed by atoms with Crippen LogP contribution in [0.25, 0.3) is 21.5 Å². The van der Waals surface area contributed by atoms with Crippen LogP contribution < -0.4 is 22.2 Å². The van der Waals surface area contributed by atoms with Crippen LogP contribution in [0.5, 0.6) is 0 Å². The molecule has 0 amide bonds. The minimum Gasteiger partial charge on any atom is -0.480 e. The number of aromatic nitrogens is 2. The highest BCUT2D eigenvalue weighted by atomic mass is 16.4. The monoisotopic (exact) mass is 388 g/mol. The van der Waals surface area contributed by atoms with Crippen LogP contribution in [0.15, 0.2) is 31.3 Å². The van der Waals surface area contributed by atoms with Gasteiger partial charge in [-0.2, -0.15) is 0 Å². The number of carboxylic acid groups (broad SMARTS) is 2. The maximum Gasteiger partial charge on any atom is 0.326 e. The molecule has 0 fully saturated rings. The molecular formula is C18H16N2O8.